The zero-order valence-electron chi connectivity index (χ0n) is 46.6. The van der Waals surface area contributed by atoms with E-state index in [9.17, 15) is 13.2 Å². The maximum absolute atomic E-state index is 12.1. The van der Waals surface area contributed by atoms with E-state index in [1.54, 1.807) is 36.0 Å². The Morgan fingerprint density at radius 2 is 0.863 bits per heavy atom. The van der Waals surface area contributed by atoms with Crippen molar-refractivity contribution in [3.63, 3.8) is 0 Å². The fourth-order valence-corrected chi connectivity index (χ4v) is 8.93. The van der Waals surface area contributed by atoms with Crippen LogP contribution < -0.4 is 5.43 Å². The van der Waals surface area contributed by atoms with E-state index in [-0.39, 0.29) is 17.4 Å². The maximum atomic E-state index is 12.1. The molecule has 0 saturated carbocycles. The lowest BCUT2D eigenvalue weighted by molar-refractivity contribution is -0.119. The zero-order chi connectivity index (χ0) is 53.2. The lowest BCUT2D eigenvalue weighted by atomic mass is 10.2. The Hall–Kier alpha value is -3.76. The normalized spacial score (nSPS) is 13.3. The lowest BCUT2D eigenvalue weighted by Crippen LogP contribution is -2.08. The Morgan fingerprint density at radius 3 is 1.22 bits per heavy atom. The molecule has 1 heterocycles. The number of aliphatic hydroxyl groups excluding tert-OH is 1. The highest BCUT2D eigenvalue weighted by Crippen LogP contribution is 2.16. The molecule has 2 N–H and O–H groups in total. The van der Waals surface area contributed by atoms with E-state index in [0.29, 0.717) is 13.0 Å². The van der Waals surface area contributed by atoms with Crippen LogP contribution in [0.2, 0.25) is 0 Å². The first kappa shape index (κ1) is 69.2. The number of carbonyl (C=O) groups excluding carboxylic acids is 1. The second-order valence-electron chi connectivity index (χ2n) is 18.6. The van der Waals surface area contributed by atoms with Crippen LogP contribution in [0, 0.1) is 6.92 Å². The molecule has 2 rings (SSSR count). The predicted octanol–water partition coefficient (Wildman–Crippen LogP) is 19.0. The van der Waals surface area contributed by atoms with Crippen molar-refractivity contribution in [1.82, 2.24) is 5.43 Å². The number of hydrogen-bond donors (Lipinski definition) is 2. The van der Waals surface area contributed by atoms with Gasteiger partial charge in [-0.15, -0.1) is 11.8 Å². The van der Waals surface area contributed by atoms with Crippen molar-refractivity contribution in [3.8, 4) is 0 Å². The lowest BCUT2D eigenvalue weighted by Gasteiger charge is -2.05. The van der Waals surface area contributed by atoms with E-state index in [1.165, 1.54) is 103 Å². The number of nitrogens with one attached hydrogen (secondary N) is 1. The second kappa shape index (κ2) is 56.0. The van der Waals surface area contributed by atoms with Crippen molar-refractivity contribution in [1.29, 1.82) is 0 Å². The van der Waals surface area contributed by atoms with Crippen molar-refractivity contribution in [2.75, 3.05) is 19.0 Å². The average Bonchev–Trinajstić information content (AvgIpc) is 3.81. The topological polar surface area (TPSA) is 105 Å². The molecule has 1 aromatic carbocycles. The number of nitrogens with zero attached hydrogens (tertiary/aromatic N) is 1. The minimum Gasteiger partial charge on any atom is -0.396 e. The number of aryl methyl sites for hydroxylation is 1. The molecule has 1 aromatic rings. The van der Waals surface area contributed by atoms with Crippen LogP contribution in [0.4, 0.5) is 0 Å². The van der Waals surface area contributed by atoms with Crippen LogP contribution in [-0.4, -0.2) is 43.4 Å². The molecule has 0 bridgehead atoms. The highest BCUT2D eigenvalue weighted by atomic mass is 32.2. The molecule has 0 spiro atoms. The Balaban J connectivity index is 0.00000109. The van der Waals surface area contributed by atoms with Gasteiger partial charge >= 0.3 is 0 Å². The van der Waals surface area contributed by atoms with Gasteiger partial charge in [0.25, 0.3) is 10.1 Å². The van der Waals surface area contributed by atoms with E-state index in [0.717, 1.165) is 106 Å². The third-order valence-electron chi connectivity index (χ3n) is 11.5. The summed E-state index contributed by atoms with van der Waals surface area (Å²) in [6.07, 6.45) is 75.8. The molecule has 1 aliphatic rings. The molecule has 0 saturated heterocycles. The van der Waals surface area contributed by atoms with E-state index < -0.39 is 10.1 Å². The Bertz CT molecular complexity index is 1820. The minimum absolute atomic E-state index is 0.0182. The molecular formula is C64H104N2O5S2. The number of benzene rings is 1. The van der Waals surface area contributed by atoms with Gasteiger partial charge in [0, 0.05) is 6.61 Å². The van der Waals surface area contributed by atoms with Crippen LogP contribution in [-0.2, 0) is 19.1 Å². The average molecular weight is 1050 g/mol. The SMILES string of the molecule is CCCCC/C=C\C/C=C\C/C=C\CCCCCO.CCCCC/C=C\C/C=C\C/C=C\CCCCCOS(=O)(=O)c1ccc(C)cc1.CCCCC/C=C\C/C=C\C/C=C\CCCCCSC1=NNC(=O)C1. The quantitative estimate of drug-likeness (QED) is 0.0384. The number of carbonyl (C=O) groups is 1. The van der Waals surface area contributed by atoms with Gasteiger partial charge < -0.3 is 5.11 Å². The summed E-state index contributed by atoms with van der Waals surface area (Å²) in [5, 5.41) is 13.6. The molecule has 1 aliphatic heterocycles. The van der Waals surface area contributed by atoms with Crippen molar-refractivity contribution >= 4 is 32.8 Å². The number of unbranched alkanes of at least 4 members (excludes halogenated alkanes) is 18. The van der Waals surface area contributed by atoms with Crippen LogP contribution in [0.5, 0.6) is 0 Å². The number of thioether (sulfide) groups is 1. The standard InChI is InChI=1S/C25H38O3S.C21H34N2OS.C18H32O/c1-3-4-5-6-7-8-9-10-11-12-13-14-15-16-17-18-23-28-29(26,27)25-21-19-24(2)20-22-25;1-2-3-4-5-6-7-8-9-10-11-12-13-14-15-16-17-18-25-21-19-20(24)22-23-21;1-2-3-4-5-6-7-8-9-10-11-12-13-14-15-16-17-18-19/h7-8,10-11,13-14,19-22H,3-6,9,12,15-18,23H2,1-2H3;6-7,9-10,12-13H,2-5,8,11,14-19H2,1H3,(H,22,24);6-7,9-10,12-13,19H,2-5,8,11,14-18H2,1H3/b8-7-,11-10-,14-13-;2*7-6-,10-9-,13-12-. The summed E-state index contributed by atoms with van der Waals surface area (Å²) in [4.78, 5) is 11.2. The molecule has 0 unspecified atom stereocenters. The number of allylic oxidation sites excluding steroid dienone is 18. The second-order valence-corrected chi connectivity index (χ2v) is 21.4. The number of amides is 1. The first-order valence-corrected chi connectivity index (χ1v) is 31.1. The molecule has 0 aromatic heterocycles. The third kappa shape index (κ3) is 51.5. The maximum Gasteiger partial charge on any atom is 0.296 e. The van der Waals surface area contributed by atoms with E-state index in [4.69, 9.17) is 9.29 Å². The van der Waals surface area contributed by atoms with Gasteiger partial charge in [0.15, 0.2) is 0 Å². The Morgan fingerprint density at radius 1 is 0.507 bits per heavy atom. The van der Waals surface area contributed by atoms with E-state index >= 15 is 0 Å². The fraction of sp³-hybridized carbons (Fsp3) is 0.594. The van der Waals surface area contributed by atoms with Crippen LogP contribution >= 0.6 is 11.8 Å². The summed E-state index contributed by atoms with van der Waals surface area (Å²) in [6, 6.07) is 6.74. The summed E-state index contributed by atoms with van der Waals surface area (Å²) in [5.41, 5.74) is 3.52. The van der Waals surface area contributed by atoms with Crippen molar-refractivity contribution < 1.29 is 22.5 Å². The van der Waals surface area contributed by atoms with Crippen molar-refractivity contribution in [3.05, 3.63) is 139 Å². The number of hydrogen-bond acceptors (Lipinski definition) is 7. The van der Waals surface area contributed by atoms with Gasteiger partial charge in [-0.2, -0.15) is 13.5 Å². The molecule has 412 valence electrons. The van der Waals surface area contributed by atoms with Gasteiger partial charge in [-0.1, -0.05) is 206 Å². The fourth-order valence-electron chi connectivity index (χ4n) is 7.06. The first-order valence-electron chi connectivity index (χ1n) is 28.7. The molecular weight excluding hydrogens is 941 g/mol. The van der Waals surface area contributed by atoms with Crippen LogP contribution in [0.15, 0.2) is 144 Å². The molecule has 0 fully saturated rings. The summed E-state index contributed by atoms with van der Waals surface area (Å²) in [5.74, 6) is 1.08. The largest absolute Gasteiger partial charge is 0.396 e. The Labute approximate surface area is 453 Å². The van der Waals surface area contributed by atoms with Crippen LogP contribution in [0.1, 0.15) is 225 Å². The highest BCUT2D eigenvalue weighted by molar-refractivity contribution is 8.14. The van der Waals surface area contributed by atoms with E-state index in [2.05, 4.69) is 141 Å². The van der Waals surface area contributed by atoms with Gasteiger partial charge in [-0.05, 0) is 160 Å². The van der Waals surface area contributed by atoms with Gasteiger partial charge in [-0.3, -0.25) is 8.98 Å². The molecule has 0 aliphatic carbocycles. The molecule has 1 amide bonds. The zero-order valence-corrected chi connectivity index (χ0v) is 48.2. The third-order valence-corrected chi connectivity index (χ3v) is 13.9. The van der Waals surface area contributed by atoms with Crippen molar-refractivity contribution in [2.24, 2.45) is 5.10 Å². The van der Waals surface area contributed by atoms with Gasteiger partial charge in [0.05, 0.1) is 17.9 Å². The van der Waals surface area contributed by atoms with E-state index in [1.807, 2.05) is 6.92 Å². The summed E-state index contributed by atoms with van der Waals surface area (Å²) in [7, 11) is -3.62. The van der Waals surface area contributed by atoms with Crippen LogP contribution in [0.3, 0.4) is 0 Å². The van der Waals surface area contributed by atoms with Gasteiger partial charge in [0.2, 0.25) is 5.91 Å². The monoisotopic (exact) mass is 1040 g/mol. The molecule has 73 heavy (non-hydrogen) atoms. The molecule has 0 radical (unpaired) electrons. The first-order chi connectivity index (χ1) is 35.8. The number of rotatable bonds is 43. The summed E-state index contributed by atoms with van der Waals surface area (Å²) < 4.78 is 29.2. The van der Waals surface area contributed by atoms with Gasteiger partial charge in [-0.25, -0.2) is 5.43 Å². The predicted molar refractivity (Wildman–Crippen MR) is 322 cm³/mol. The highest BCUT2D eigenvalue weighted by Gasteiger charge is 2.15. The van der Waals surface area contributed by atoms with Crippen LogP contribution in [0.25, 0.3) is 0 Å². The molecule has 9 heteroatoms. The van der Waals surface area contributed by atoms with Gasteiger partial charge in [0.1, 0.15) is 5.04 Å². The smallest absolute Gasteiger partial charge is 0.296 e. The molecule has 7 nitrogen and oxygen atoms in total. The Kier molecular flexibility index (Phi) is 53.1. The molecule has 0 atom stereocenters. The summed E-state index contributed by atoms with van der Waals surface area (Å²) >= 11 is 1.71. The number of hydrazone groups is 1. The number of aliphatic hydroxyl groups is 1. The summed E-state index contributed by atoms with van der Waals surface area (Å²) in [6.45, 7) is 9.22. The minimum atomic E-state index is -3.62. The van der Waals surface area contributed by atoms with Crippen molar-refractivity contribution in [2.45, 2.75) is 232 Å².